The Morgan fingerprint density at radius 1 is 1.21 bits per heavy atom. The molecule has 9 heteroatoms. The van der Waals surface area contributed by atoms with E-state index in [1.807, 2.05) is 6.26 Å². The van der Waals surface area contributed by atoms with E-state index in [1.165, 1.54) is 17.8 Å². The van der Waals surface area contributed by atoms with Crippen LogP contribution in [0.2, 0.25) is 0 Å². The number of carbonyl (C=O) groups excluding carboxylic acids is 1. The molecule has 29 heavy (non-hydrogen) atoms. The van der Waals surface area contributed by atoms with Crippen molar-refractivity contribution in [3.8, 4) is 0 Å². The molecule has 1 amide bonds. The van der Waals surface area contributed by atoms with Gasteiger partial charge in [0.15, 0.2) is 0 Å². The number of aromatic nitrogens is 2. The van der Waals surface area contributed by atoms with E-state index in [1.54, 1.807) is 24.5 Å². The monoisotopic (exact) mass is 481 g/mol. The van der Waals surface area contributed by atoms with E-state index in [4.69, 9.17) is 5.73 Å². The Morgan fingerprint density at radius 2 is 1.97 bits per heavy atom. The average Bonchev–Trinajstić information content (AvgIpc) is 3.17. The summed E-state index contributed by atoms with van der Waals surface area (Å²) >= 11 is 4.79. The number of benzene rings is 1. The van der Waals surface area contributed by atoms with Gasteiger partial charge in [-0.25, -0.2) is 14.4 Å². The van der Waals surface area contributed by atoms with Crippen molar-refractivity contribution in [2.45, 2.75) is 36.6 Å². The van der Waals surface area contributed by atoms with Gasteiger partial charge < -0.3 is 15.5 Å². The molecule has 0 unspecified atom stereocenters. The zero-order valence-electron chi connectivity index (χ0n) is 16.4. The van der Waals surface area contributed by atoms with Crippen molar-refractivity contribution < 1.29 is 9.18 Å². The normalized spacial score (nSPS) is 17.3. The number of rotatable bonds is 3. The minimum Gasteiger partial charge on any atom is -0.396 e. The Hall–Kier alpha value is -1.87. The minimum atomic E-state index is -0.341. The van der Waals surface area contributed by atoms with Gasteiger partial charge in [-0.1, -0.05) is 0 Å². The summed E-state index contributed by atoms with van der Waals surface area (Å²) in [5.74, 6) is 0.920. The molecular formula is C20H25BrFN5OS. The topological polar surface area (TPSA) is 75.4 Å². The number of anilines is 2. The maximum atomic E-state index is 12.6. The van der Waals surface area contributed by atoms with Crippen LogP contribution in [0.5, 0.6) is 0 Å². The summed E-state index contributed by atoms with van der Waals surface area (Å²) in [6, 6.07) is 5.22. The lowest BCUT2D eigenvalue weighted by Crippen LogP contribution is -2.45. The molecule has 0 saturated carbocycles. The first-order valence-corrected chi connectivity index (χ1v) is 11.6. The molecule has 1 aromatic carbocycles. The Bertz CT molecular complexity index is 830. The Labute approximate surface area is 183 Å². The van der Waals surface area contributed by atoms with Gasteiger partial charge in [0.2, 0.25) is 5.91 Å². The number of hydrogen-bond acceptors (Lipinski definition) is 6. The van der Waals surface area contributed by atoms with Gasteiger partial charge in [-0.2, -0.15) is 0 Å². The Balaban J connectivity index is 0.000000204. The summed E-state index contributed by atoms with van der Waals surface area (Å²) in [5.41, 5.74) is 5.47. The predicted octanol–water partition coefficient (Wildman–Crippen LogP) is 3.96. The molecule has 0 bridgehead atoms. The third-order valence-corrected chi connectivity index (χ3v) is 6.29. The minimum absolute atomic E-state index is 0.206. The fraction of sp³-hybridized carbons (Fsp3) is 0.450. The van der Waals surface area contributed by atoms with Gasteiger partial charge in [0.1, 0.15) is 16.2 Å². The lowest BCUT2D eigenvalue weighted by Gasteiger charge is -2.37. The molecule has 0 radical (unpaired) electrons. The van der Waals surface area contributed by atoms with Crippen molar-refractivity contribution in [1.29, 1.82) is 0 Å². The smallest absolute Gasteiger partial charge is 0.222 e. The number of halogens is 2. The zero-order chi connectivity index (χ0) is 20.8. The van der Waals surface area contributed by atoms with E-state index >= 15 is 0 Å². The highest BCUT2D eigenvalue weighted by molar-refractivity contribution is 9.10. The van der Waals surface area contributed by atoms with Gasteiger partial charge in [-0.15, -0.1) is 11.8 Å². The SMILES string of the molecule is CSc1ccc(N)c(F)c1.O=C1CCCN1C1CCN(c2cnc(Br)cn2)CC1. The molecule has 2 aliphatic rings. The lowest BCUT2D eigenvalue weighted by atomic mass is 10.0. The highest BCUT2D eigenvalue weighted by atomic mass is 79.9. The van der Waals surface area contributed by atoms with Crippen molar-refractivity contribution in [2.75, 3.05) is 36.5 Å². The van der Waals surface area contributed by atoms with Gasteiger partial charge in [-0.3, -0.25) is 4.79 Å². The second-order valence-electron chi connectivity index (χ2n) is 6.99. The number of likely N-dealkylation sites (tertiary alicyclic amines) is 1. The summed E-state index contributed by atoms with van der Waals surface area (Å²) in [7, 11) is 0. The van der Waals surface area contributed by atoms with Crippen LogP contribution in [0.3, 0.4) is 0 Å². The lowest BCUT2D eigenvalue weighted by molar-refractivity contribution is -0.130. The number of carbonyl (C=O) groups is 1. The molecule has 0 aliphatic carbocycles. The van der Waals surface area contributed by atoms with Crippen LogP contribution >= 0.6 is 27.7 Å². The van der Waals surface area contributed by atoms with E-state index in [-0.39, 0.29) is 11.5 Å². The number of amides is 1. The molecule has 1 aromatic heterocycles. The molecule has 2 N–H and O–H groups in total. The largest absolute Gasteiger partial charge is 0.396 e. The van der Waals surface area contributed by atoms with Crippen molar-refractivity contribution in [3.05, 3.63) is 41.0 Å². The molecule has 0 atom stereocenters. The highest BCUT2D eigenvalue weighted by Gasteiger charge is 2.30. The molecule has 2 aliphatic heterocycles. The number of nitrogens with two attached hydrogens (primary N) is 1. The van der Waals surface area contributed by atoms with Crippen LogP contribution in [-0.2, 0) is 4.79 Å². The van der Waals surface area contributed by atoms with E-state index in [2.05, 4.69) is 35.7 Å². The summed E-state index contributed by atoms with van der Waals surface area (Å²) in [6.07, 6.45) is 9.24. The van der Waals surface area contributed by atoms with Crippen LogP contribution in [0, 0.1) is 5.82 Å². The summed E-state index contributed by atoms with van der Waals surface area (Å²) in [4.78, 5) is 25.5. The number of nitrogens with zero attached hydrogens (tertiary/aromatic N) is 4. The predicted molar refractivity (Wildman–Crippen MR) is 119 cm³/mol. The van der Waals surface area contributed by atoms with Gasteiger partial charge in [0.05, 0.1) is 18.1 Å². The molecule has 2 saturated heterocycles. The van der Waals surface area contributed by atoms with Gasteiger partial charge in [0, 0.05) is 37.0 Å². The van der Waals surface area contributed by atoms with Crippen molar-refractivity contribution in [2.24, 2.45) is 0 Å². The molecular weight excluding hydrogens is 457 g/mol. The van der Waals surface area contributed by atoms with Gasteiger partial charge >= 0.3 is 0 Å². The first kappa shape index (κ1) is 21.8. The number of piperidine rings is 1. The molecule has 2 fully saturated rings. The molecule has 156 valence electrons. The Morgan fingerprint density at radius 3 is 2.52 bits per heavy atom. The Kier molecular flexibility index (Phi) is 7.71. The molecule has 4 rings (SSSR count). The van der Waals surface area contributed by atoms with Crippen molar-refractivity contribution in [3.63, 3.8) is 0 Å². The zero-order valence-corrected chi connectivity index (χ0v) is 18.8. The average molecular weight is 482 g/mol. The first-order valence-electron chi connectivity index (χ1n) is 9.59. The quantitative estimate of drug-likeness (QED) is 0.528. The molecule has 6 nitrogen and oxygen atoms in total. The summed E-state index contributed by atoms with van der Waals surface area (Å²) < 4.78 is 13.4. The number of thioether (sulfide) groups is 1. The van der Waals surface area contributed by atoms with Crippen LogP contribution in [-0.4, -0.2) is 52.7 Å². The van der Waals surface area contributed by atoms with Crippen molar-refractivity contribution in [1.82, 2.24) is 14.9 Å². The van der Waals surface area contributed by atoms with Crippen LogP contribution < -0.4 is 10.6 Å². The van der Waals surface area contributed by atoms with Crippen LogP contribution in [0.15, 0.2) is 40.1 Å². The van der Waals surface area contributed by atoms with E-state index in [9.17, 15) is 9.18 Å². The van der Waals surface area contributed by atoms with Gasteiger partial charge in [-0.05, 0) is 59.6 Å². The van der Waals surface area contributed by atoms with E-state index < -0.39 is 0 Å². The third kappa shape index (κ3) is 5.82. The first-order chi connectivity index (χ1) is 14.0. The van der Waals surface area contributed by atoms with E-state index in [0.717, 1.165) is 60.6 Å². The number of hydrogen-bond donors (Lipinski definition) is 1. The number of nitrogen functional groups attached to an aromatic ring is 1. The van der Waals surface area contributed by atoms with Crippen LogP contribution in [0.4, 0.5) is 15.9 Å². The summed E-state index contributed by atoms with van der Waals surface area (Å²) in [6.45, 7) is 2.84. The fourth-order valence-corrected chi connectivity index (χ4v) is 4.20. The second-order valence-corrected chi connectivity index (χ2v) is 8.69. The fourth-order valence-electron chi connectivity index (χ4n) is 3.57. The molecule has 2 aromatic rings. The third-order valence-electron chi connectivity index (χ3n) is 5.15. The van der Waals surface area contributed by atoms with Crippen molar-refractivity contribution >= 4 is 45.1 Å². The summed E-state index contributed by atoms with van der Waals surface area (Å²) in [5, 5.41) is 0. The standard InChI is InChI=1S/C13H17BrN4O.C7H8FNS/c14-11-8-16-12(9-15-11)17-6-3-10(4-7-17)18-5-1-2-13(18)19;1-10-5-2-3-7(9)6(8)4-5/h8-10H,1-7H2;2-4H,9H2,1H3. The molecule has 3 heterocycles. The second kappa shape index (κ2) is 10.2. The molecule has 0 spiro atoms. The van der Waals surface area contributed by atoms with Gasteiger partial charge in [0.25, 0.3) is 0 Å². The maximum absolute atomic E-state index is 12.6. The van der Waals surface area contributed by atoms with Crippen LogP contribution in [0.1, 0.15) is 25.7 Å². The van der Waals surface area contributed by atoms with Crippen LogP contribution in [0.25, 0.3) is 0 Å². The van der Waals surface area contributed by atoms with E-state index in [0.29, 0.717) is 11.9 Å². The maximum Gasteiger partial charge on any atom is 0.222 e. The highest BCUT2D eigenvalue weighted by Crippen LogP contribution is 2.24.